The smallest absolute Gasteiger partial charge is 0.207 e. The summed E-state index contributed by atoms with van der Waals surface area (Å²) in [5, 5.41) is 2.77. The predicted molar refractivity (Wildman–Crippen MR) is 90.3 cm³/mol. The van der Waals surface area contributed by atoms with Crippen LogP contribution in [0.3, 0.4) is 0 Å². The van der Waals surface area contributed by atoms with Gasteiger partial charge < -0.3 is 10.3 Å². The third-order valence-electron chi connectivity index (χ3n) is 3.74. The number of nitrogens with one attached hydrogen (secondary N) is 2. The molecule has 0 fully saturated rings. The van der Waals surface area contributed by atoms with Crippen molar-refractivity contribution in [3.8, 4) is 0 Å². The molecule has 114 valence electrons. The van der Waals surface area contributed by atoms with Crippen LogP contribution >= 0.6 is 11.3 Å². The van der Waals surface area contributed by atoms with Crippen LogP contribution in [0.15, 0.2) is 36.4 Å². The molecule has 0 unspecified atom stereocenters. The zero-order chi connectivity index (χ0) is 15.6. The number of rotatable bonds is 6. The fourth-order valence-electron chi connectivity index (χ4n) is 2.47. The van der Waals surface area contributed by atoms with Crippen molar-refractivity contribution in [1.29, 1.82) is 0 Å². The minimum atomic E-state index is -0.0578. The molecular weight excluding hydrogens is 294 g/mol. The van der Waals surface area contributed by atoms with Gasteiger partial charge >= 0.3 is 0 Å². The highest BCUT2D eigenvalue weighted by Gasteiger charge is 2.22. The summed E-state index contributed by atoms with van der Waals surface area (Å²) in [5.74, 6) is 0.985. The molecule has 3 aromatic rings. The van der Waals surface area contributed by atoms with E-state index < -0.39 is 0 Å². The summed E-state index contributed by atoms with van der Waals surface area (Å²) >= 11 is 1.78. The van der Waals surface area contributed by atoms with Crippen molar-refractivity contribution in [1.82, 2.24) is 15.3 Å². The van der Waals surface area contributed by atoms with Crippen LogP contribution in [0.25, 0.3) is 11.0 Å². The van der Waals surface area contributed by atoms with Crippen molar-refractivity contribution in [2.24, 2.45) is 0 Å². The van der Waals surface area contributed by atoms with E-state index in [9.17, 15) is 4.79 Å². The van der Waals surface area contributed by atoms with Gasteiger partial charge in [0.2, 0.25) is 6.41 Å². The maximum absolute atomic E-state index is 10.5. The molecule has 0 aliphatic rings. The average molecular weight is 313 g/mol. The van der Waals surface area contributed by atoms with Gasteiger partial charge in [-0.25, -0.2) is 4.98 Å². The summed E-state index contributed by atoms with van der Waals surface area (Å²) in [6.07, 6.45) is 1.56. The van der Waals surface area contributed by atoms with Gasteiger partial charge in [0.25, 0.3) is 0 Å². The molecule has 22 heavy (non-hydrogen) atoms. The summed E-state index contributed by atoms with van der Waals surface area (Å²) < 4.78 is 0. The van der Waals surface area contributed by atoms with E-state index in [-0.39, 0.29) is 5.41 Å². The first-order valence-electron chi connectivity index (χ1n) is 7.28. The number of thiophene rings is 1. The van der Waals surface area contributed by atoms with Crippen molar-refractivity contribution in [2.45, 2.75) is 25.7 Å². The van der Waals surface area contributed by atoms with Crippen molar-refractivity contribution < 1.29 is 4.79 Å². The maximum atomic E-state index is 10.5. The molecule has 2 heterocycles. The van der Waals surface area contributed by atoms with Crippen LogP contribution in [-0.2, 0) is 16.6 Å². The molecule has 3 rings (SSSR count). The van der Waals surface area contributed by atoms with Gasteiger partial charge in [0.1, 0.15) is 5.82 Å². The number of H-pyrrole nitrogens is 1. The Hall–Kier alpha value is -2.14. The van der Waals surface area contributed by atoms with E-state index in [0.717, 1.165) is 29.7 Å². The number of carbonyl (C=O) groups is 1. The number of imidazole rings is 1. The molecule has 0 radical (unpaired) electrons. The van der Waals surface area contributed by atoms with Gasteiger partial charge in [-0.05, 0) is 24.3 Å². The van der Waals surface area contributed by atoms with Gasteiger partial charge in [-0.15, -0.1) is 11.3 Å². The highest BCUT2D eigenvalue weighted by Crippen LogP contribution is 2.30. The molecule has 5 heteroatoms. The first-order valence-corrected chi connectivity index (χ1v) is 8.10. The van der Waals surface area contributed by atoms with Gasteiger partial charge in [0, 0.05) is 28.1 Å². The SMILES string of the molecule is CC(C)(CNC=O)c1ccc(Cc2nc3ccccc3[nH]2)s1. The second-order valence-electron chi connectivity index (χ2n) is 6.03. The van der Waals surface area contributed by atoms with Crippen LogP contribution in [0.2, 0.25) is 0 Å². The zero-order valence-electron chi connectivity index (χ0n) is 12.7. The number of nitrogens with zero attached hydrogens (tertiary/aromatic N) is 1. The molecule has 2 N–H and O–H groups in total. The lowest BCUT2D eigenvalue weighted by Gasteiger charge is -2.22. The van der Waals surface area contributed by atoms with Gasteiger partial charge in [-0.2, -0.15) is 0 Å². The normalized spacial score (nSPS) is 11.7. The molecule has 0 spiro atoms. The first kappa shape index (κ1) is 14.8. The Balaban J connectivity index is 1.77. The van der Waals surface area contributed by atoms with Gasteiger partial charge in [0.05, 0.1) is 11.0 Å². The van der Waals surface area contributed by atoms with Crippen LogP contribution in [0.4, 0.5) is 0 Å². The zero-order valence-corrected chi connectivity index (χ0v) is 13.5. The van der Waals surface area contributed by atoms with Crippen molar-refractivity contribution >= 4 is 28.8 Å². The molecule has 0 aliphatic carbocycles. The van der Waals surface area contributed by atoms with Gasteiger partial charge in [0.15, 0.2) is 0 Å². The van der Waals surface area contributed by atoms with E-state index in [1.54, 1.807) is 11.3 Å². The molecule has 2 aromatic heterocycles. The number of para-hydroxylation sites is 2. The Morgan fingerprint density at radius 1 is 1.27 bits per heavy atom. The van der Waals surface area contributed by atoms with Crippen LogP contribution in [0.1, 0.15) is 29.4 Å². The standard InChI is InChI=1S/C17H19N3OS/c1-17(2,10-18-11-21)15-8-7-12(22-15)9-16-19-13-5-3-4-6-14(13)20-16/h3-8,11H,9-10H2,1-2H3,(H,18,21)(H,19,20). The summed E-state index contributed by atoms with van der Waals surface area (Å²) in [7, 11) is 0. The molecule has 1 aromatic carbocycles. The van der Waals surface area contributed by atoms with E-state index in [2.05, 4.69) is 41.3 Å². The van der Waals surface area contributed by atoms with E-state index in [4.69, 9.17) is 0 Å². The van der Waals surface area contributed by atoms with E-state index in [0.29, 0.717) is 6.54 Å². The molecule has 4 nitrogen and oxygen atoms in total. The summed E-state index contributed by atoms with van der Waals surface area (Å²) in [6.45, 7) is 4.92. The highest BCUT2D eigenvalue weighted by molar-refractivity contribution is 7.12. The summed E-state index contributed by atoms with van der Waals surface area (Å²) in [4.78, 5) is 21.0. The number of carbonyl (C=O) groups excluding carboxylic acids is 1. The monoisotopic (exact) mass is 313 g/mol. The minimum absolute atomic E-state index is 0.0578. The fraction of sp³-hybridized carbons (Fsp3) is 0.294. The molecule has 1 amide bonds. The van der Waals surface area contributed by atoms with Crippen LogP contribution in [0.5, 0.6) is 0 Å². The lowest BCUT2D eigenvalue weighted by Crippen LogP contribution is -2.31. The second-order valence-corrected chi connectivity index (χ2v) is 7.19. The first-order chi connectivity index (χ1) is 10.6. The molecular formula is C17H19N3OS. The summed E-state index contributed by atoms with van der Waals surface area (Å²) in [5.41, 5.74) is 2.02. The molecule has 0 aliphatic heterocycles. The van der Waals surface area contributed by atoms with E-state index in [1.165, 1.54) is 9.75 Å². The number of aromatic amines is 1. The van der Waals surface area contributed by atoms with E-state index >= 15 is 0 Å². The van der Waals surface area contributed by atoms with E-state index in [1.807, 2.05) is 24.3 Å². The average Bonchev–Trinajstić information content (AvgIpc) is 3.12. The number of benzene rings is 1. The number of amides is 1. The highest BCUT2D eigenvalue weighted by atomic mass is 32.1. The molecule has 0 saturated heterocycles. The van der Waals surface area contributed by atoms with Crippen molar-refractivity contribution in [3.63, 3.8) is 0 Å². The fourth-order valence-corrected chi connectivity index (χ4v) is 3.59. The van der Waals surface area contributed by atoms with Crippen LogP contribution < -0.4 is 5.32 Å². The topological polar surface area (TPSA) is 57.8 Å². The number of fused-ring (bicyclic) bond motifs is 1. The predicted octanol–water partition coefficient (Wildman–Crippen LogP) is 3.24. The van der Waals surface area contributed by atoms with Gasteiger partial charge in [-0.1, -0.05) is 26.0 Å². The van der Waals surface area contributed by atoms with Crippen LogP contribution in [0, 0.1) is 0 Å². The minimum Gasteiger partial charge on any atom is -0.358 e. The van der Waals surface area contributed by atoms with Crippen molar-refractivity contribution in [3.05, 3.63) is 52.0 Å². The molecule has 0 atom stereocenters. The Kier molecular flexibility index (Phi) is 3.98. The second kappa shape index (κ2) is 5.93. The van der Waals surface area contributed by atoms with Crippen molar-refractivity contribution in [2.75, 3.05) is 6.54 Å². The molecule has 0 bridgehead atoms. The Labute approximate surface area is 133 Å². The third kappa shape index (κ3) is 3.04. The van der Waals surface area contributed by atoms with Crippen LogP contribution in [-0.4, -0.2) is 22.9 Å². The third-order valence-corrected chi connectivity index (χ3v) is 5.19. The lowest BCUT2D eigenvalue weighted by atomic mass is 9.91. The largest absolute Gasteiger partial charge is 0.358 e. The molecule has 0 saturated carbocycles. The van der Waals surface area contributed by atoms with Gasteiger partial charge in [-0.3, -0.25) is 4.79 Å². The lowest BCUT2D eigenvalue weighted by molar-refractivity contribution is -0.109. The number of hydrogen-bond acceptors (Lipinski definition) is 3. The quantitative estimate of drug-likeness (QED) is 0.686. The number of hydrogen-bond donors (Lipinski definition) is 2. The Bertz CT molecular complexity index is 755. The number of aromatic nitrogens is 2. The Morgan fingerprint density at radius 3 is 2.86 bits per heavy atom. The maximum Gasteiger partial charge on any atom is 0.207 e. The summed E-state index contributed by atoms with van der Waals surface area (Å²) in [6, 6.07) is 12.4. The Morgan fingerprint density at radius 2 is 2.09 bits per heavy atom.